The Hall–Kier alpha value is -2.49. The highest BCUT2D eigenvalue weighted by Crippen LogP contribution is 2.38. The molecule has 4 heteroatoms. The van der Waals surface area contributed by atoms with Gasteiger partial charge in [0.15, 0.2) is 0 Å². The first kappa shape index (κ1) is 12.5. The lowest BCUT2D eigenvalue weighted by Crippen LogP contribution is -2.24. The fraction of sp³-hybridized carbons (Fsp3) is 0.188. The number of nitrogens with two attached hydrogens (primary N) is 2. The van der Waals surface area contributed by atoms with E-state index in [1.54, 1.807) is 12.1 Å². The van der Waals surface area contributed by atoms with Gasteiger partial charge in [-0.3, -0.25) is 4.79 Å². The molecular formula is C16H17N3O. The third-order valence-electron chi connectivity index (χ3n) is 3.79. The maximum absolute atomic E-state index is 11.4. The number of nitrogen functional groups attached to an aromatic ring is 1. The molecule has 102 valence electrons. The van der Waals surface area contributed by atoms with Gasteiger partial charge in [-0.05, 0) is 43.2 Å². The summed E-state index contributed by atoms with van der Waals surface area (Å²) in [6.07, 6.45) is 0.993. The van der Waals surface area contributed by atoms with E-state index in [-0.39, 0.29) is 0 Å². The lowest BCUT2D eigenvalue weighted by Gasteiger charge is -2.25. The quantitative estimate of drug-likeness (QED) is 0.821. The van der Waals surface area contributed by atoms with Gasteiger partial charge in [0.1, 0.15) is 0 Å². The topological polar surface area (TPSA) is 72.3 Å². The molecule has 1 aliphatic rings. The zero-order chi connectivity index (χ0) is 14.3. The molecule has 20 heavy (non-hydrogen) atoms. The molecule has 0 saturated carbocycles. The Morgan fingerprint density at radius 1 is 1.25 bits per heavy atom. The van der Waals surface area contributed by atoms with Crippen molar-refractivity contribution < 1.29 is 4.79 Å². The highest BCUT2D eigenvalue weighted by Gasteiger charge is 2.27. The van der Waals surface area contributed by atoms with E-state index >= 15 is 0 Å². The van der Waals surface area contributed by atoms with Gasteiger partial charge in [-0.15, -0.1) is 0 Å². The zero-order valence-corrected chi connectivity index (χ0v) is 11.3. The molecule has 0 aromatic heterocycles. The highest BCUT2D eigenvalue weighted by molar-refractivity contribution is 5.99. The van der Waals surface area contributed by atoms with E-state index in [1.807, 2.05) is 18.2 Å². The molecule has 1 aliphatic heterocycles. The van der Waals surface area contributed by atoms with Gasteiger partial charge in [0, 0.05) is 23.1 Å². The van der Waals surface area contributed by atoms with Crippen LogP contribution in [0.1, 0.15) is 22.8 Å². The van der Waals surface area contributed by atoms with Gasteiger partial charge in [0.2, 0.25) is 0 Å². The van der Waals surface area contributed by atoms with E-state index in [1.165, 1.54) is 11.3 Å². The SMILES string of the molecule is CC1Cc2ccccc2N1c1ccc(N)c(C(N)=O)c1. The van der Waals surface area contributed by atoms with E-state index in [0.717, 1.165) is 12.1 Å². The summed E-state index contributed by atoms with van der Waals surface area (Å²) in [6.45, 7) is 2.17. The third kappa shape index (κ3) is 1.90. The number of amides is 1. The Labute approximate surface area is 118 Å². The number of hydrogen-bond acceptors (Lipinski definition) is 3. The van der Waals surface area contributed by atoms with Crippen LogP contribution in [0.25, 0.3) is 0 Å². The monoisotopic (exact) mass is 267 g/mol. The van der Waals surface area contributed by atoms with Crippen molar-refractivity contribution in [2.24, 2.45) is 5.73 Å². The van der Waals surface area contributed by atoms with E-state index in [4.69, 9.17) is 11.5 Å². The van der Waals surface area contributed by atoms with Gasteiger partial charge in [-0.25, -0.2) is 0 Å². The van der Waals surface area contributed by atoms with Gasteiger partial charge >= 0.3 is 0 Å². The van der Waals surface area contributed by atoms with Crippen LogP contribution < -0.4 is 16.4 Å². The summed E-state index contributed by atoms with van der Waals surface area (Å²) in [6, 6.07) is 14.1. The van der Waals surface area contributed by atoms with Crippen LogP contribution in [-0.4, -0.2) is 11.9 Å². The second kappa shape index (κ2) is 4.56. The molecule has 0 radical (unpaired) electrons. The minimum absolute atomic E-state index is 0.344. The summed E-state index contributed by atoms with van der Waals surface area (Å²) in [4.78, 5) is 13.7. The van der Waals surface area contributed by atoms with Crippen LogP contribution in [0.4, 0.5) is 17.1 Å². The molecule has 1 unspecified atom stereocenters. The van der Waals surface area contributed by atoms with Crippen molar-refractivity contribution in [3.05, 3.63) is 53.6 Å². The molecule has 4 N–H and O–H groups in total. The molecule has 2 aromatic carbocycles. The maximum Gasteiger partial charge on any atom is 0.250 e. The van der Waals surface area contributed by atoms with E-state index in [0.29, 0.717) is 17.3 Å². The van der Waals surface area contributed by atoms with Crippen molar-refractivity contribution in [2.45, 2.75) is 19.4 Å². The number of carbonyl (C=O) groups excluding carboxylic acids is 1. The van der Waals surface area contributed by atoms with Crippen molar-refractivity contribution in [3.8, 4) is 0 Å². The Morgan fingerprint density at radius 3 is 2.75 bits per heavy atom. The molecule has 2 aromatic rings. The van der Waals surface area contributed by atoms with Gasteiger partial charge < -0.3 is 16.4 Å². The van der Waals surface area contributed by atoms with Crippen LogP contribution in [0.3, 0.4) is 0 Å². The lowest BCUT2D eigenvalue weighted by atomic mass is 10.1. The largest absolute Gasteiger partial charge is 0.398 e. The number of nitrogens with zero attached hydrogens (tertiary/aromatic N) is 1. The van der Waals surface area contributed by atoms with Gasteiger partial charge in [-0.2, -0.15) is 0 Å². The standard InChI is InChI=1S/C16H17N3O/c1-10-8-11-4-2-3-5-15(11)19(10)12-6-7-14(17)13(9-12)16(18)20/h2-7,9-10H,8,17H2,1H3,(H2,18,20). The Morgan fingerprint density at radius 2 is 2.00 bits per heavy atom. The number of anilines is 3. The first-order valence-corrected chi connectivity index (χ1v) is 6.64. The highest BCUT2D eigenvalue weighted by atomic mass is 16.1. The summed E-state index contributed by atoms with van der Waals surface area (Å²) >= 11 is 0. The lowest BCUT2D eigenvalue weighted by molar-refractivity contribution is 0.100. The van der Waals surface area contributed by atoms with Crippen LogP contribution in [0.2, 0.25) is 0 Å². The molecule has 1 atom stereocenters. The predicted octanol–water partition coefficient (Wildman–Crippen LogP) is 2.45. The number of carbonyl (C=O) groups is 1. The van der Waals surface area contributed by atoms with Crippen LogP contribution in [-0.2, 0) is 6.42 Å². The number of fused-ring (bicyclic) bond motifs is 1. The Bertz CT molecular complexity index is 681. The minimum Gasteiger partial charge on any atom is -0.398 e. The second-order valence-electron chi connectivity index (χ2n) is 5.19. The number of hydrogen-bond donors (Lipinski definition) is 2. The predicted molar refractivity (Wildman–Crippen MR) is 81.1 cm³/mol. The number of benzene rings is 2. The second-order valence-corrected chi connectivity index (χ2v) is 5.19. The zero-order valence-electron chi connectivity index (χ0n) is 11.3. The van der Waals surface area contributed by atoms with Crippen LogP contribution >= 0.6 is 0 Å². The van der Waals surface area contributed by atoms with Gasteiger partial charge in [0.05, 0.1) is 5.56 Å². The fourth-order valence-electron chi connectivity index (χ4n) is 2.87. The average Bonchev–Trinajstić information content (AvgIpc) is 2.75. The summed E-state index contributed by atoms with van der Waals surface area (Å²) < 4.78 is 0. The molecule has 0 spiro atoms. The summed E-state index contributed by atoms with van der Waals surface area (Å²) in [7, 11) is 0. The maximum atomic E-state index is 11.4. The smallest absolute Gasteiger partial charge is 0.250 e. The fourth-order valence-corrected chi connectivity index (χ4v) is 2.87. The molecule has 0 bridgehead atoms. The molecule has 0 fully saturated rings. The van der Waals surface area contributed by atoms with Crippen molar-refractivity contribution in [3.63, 3.8) is 0 Å². The summed E-state index contributed by atoms with van der Waals surface area (Å²) in [5.41, 5.74) is 15.4. The number of rotatable bonds is 2. The van der Waals surface area contributed by atoms with Crippen LogP contribution in [0, 0.1) is 0 Å². The molecule has 0 aliphatic carbocycles. The molecular weight excluding hydrogens is 250 g/mol. The van der Waals surface area contributed by atoms with E-state index in [2.05, 4.69) is 24.0 Å². The van der Waals surface area contributed by atoms with E-state index < -0.39 is 5.91 Å². The van der Waals surface area contributed by atoms with Crippen molar-refractivity contribution in [2.75, 3.05) is 10.6 Å². The summed E-state index contributed by atoms with van der Waals surface area (Å²) in [5, 5.41) is 0. The minimum atomic E-state index is -0.496. The Balaban J connectivity index is 2.10. The third-order valence-corrected chi connectivity index (χ3v) is 3.79. The van der Waals surface area contributed by atoms with Crippen LogP contribution in [0.15, 0.2) is 42.5 Å². The molecule has 1 amide bonds. The molecule has 1 heterocycles. The van der Waals surface area contributed by atoms with Gasteiger partial charge in [-0.1, -0.05) is 18.2 Å². The normalized spacial score (nSPS) is 17.1. The van der Waals surface area contributed by atoms with Crippen molar-refractivity contribution in [1.82, 2.24) is 0 Å². The van der Waals surface area contributed by atoms with Gasteiger partial charge in [0.25, 0.3) is 5.91 Å². The average molecular weight is 267 g/mol. The first-order chi connectivity index (χ1) is 9.58. The molecule has 0 saturated heterocycles. The van der Waals surface area contributed by atoms with Crippen LogP contribution in [0.5, 0.6) is 0 Å². The first-order valence-electron chi connectivity index (χ1n) is 6.64. The number of primary amides is 1. The number of para-hydroxylation sites is 1. The molecule has 3 rings (SSSR count). The molecule has 4 nitrogen and oxygen atoms in total. The van der Waals surface area contributed by atoms with E-state index in [9.17, 15) is 4.79 Å². The Kier molecular flexibility index (Phi) is 2.86. The van der Waals surface area contributed by atoms with Crippen molar-refractivity contribution in [1.29, 1.82) is 0 Å². The van der Waals surface area contributed by atoms with Crippen molar-refractivity contribution >= 4 is 23.0 Å². The summed E-state index contributed by atoms with van der Waals surface area (Å²) in [5.74, 6) is -0.496.